The Morgan fingerprint density at radius 2 is 2.17 bits per heavy atom. The van der Waals surface area contributed by atoms with E-state index in [1.165, 1.54) is 12.8 Å². The fourth-order valence-electron chi connectivity index (χ4n) is 3.91. The Labute approximate surface area is 180 Å². The van der Waals surface area contributed by atoms with Gasteiger partial charge in [0, 0.05) is 34.6 Å². The lowest BCUT2D eigenvalue weighted by molar-refractivity contribution is 0.0951. The second-order valence-corrected chi connectivity index (χ2v) is 9.47. The topological polar surface area (TPSA) is 78.9 Å². The van der Waals surface area contributed by atoms with E-state index >= 15 is 0 Å². The summed E-state index contributed by atoms with van der Waals surface area (Å²) >= 11 is 1.65. The van der Waals surface area contributed by atoms with Crippen molar-refractivity contribution < 1.29 is 4.79 Å². The first kappa shape index (κ1) is 19.5. The third-order valence-corrected chi connectivity index (χ3v) is 6.98. The van der Waals surface area contributed by atoms with E-state index in [2.05, 4.69) is 33.9 Å². The van der Waals surface area contributed by atoms with Crippen molar-refractivity contribution in [1.82, 2.24) is 20.6 Å². The van der Waals surface area contributed by atoms with Crippen LogP contribution < -0.4 is 16.0 Å². The summed E-state index contributed by atoms with van der Waals surface area (Å²) in [6.07, 6.45) is 6.55. The van der Waals surface area contributed by atoms with Gasteiger partial charge in [0.2, 0.25) is 5.95 Å². The Morgan fingerprint density at radius 3 is 2.97 bits per heavy atom. The van der Waals surface area contributed by atoms with E-state index in [9.17, 15) is 4.79 Å². The molecule has 1 saturated heterocycles. The second-order valence-electron chi connectivity index (χ2n) is 8.44. The van der Waals surface area contributed by atoms with Crippen LogP contribution in [-0.2, 0) is 0 Å². The monoisotopic (exact) mass is 421 g/mol. The number of fused-ring (bicyclic) bond motifs is 1. The summed E-state index contributed by atoms with van der Waals surface area (Å²) in [6.45, 7) is 5.16. The largest absolute Gasteiger partial charge is 0.354 e. The summed E-state index contributed by atoms with van der Waals surface area (Å²) in [7, 11) is 0. The number of nitrogens with zero attached hydrogens (tertiary/aromatic N) is 2. The second kappa shape index (κ2) is 8.32. The Kier molecular flexibility index (Phi) is 5.39. The third-order valence-electron chi connectivity index (χ3n) is 5.90. The maximum absolute atomic E-state index is 12.5. The minimum atomic E-state index is 0.0170. The van der Waals surface area contributed by atoms with Gasteiger partial charge in [-0.2, -0.15) is 0 Å². The number of hydrogen-bond donors (Lipinski definition) is 3. The number of carbonyl (C=O) groups excluding carboxylic acids is 1. The minimum Gasteiger partial charge on any atom is -0.354 e. The van der Waals surface area contributed by atoms with Crippen molar-refractivity contribution in [2.45, 2.75) is 38.6 Å². The maximum atomic E-state index is 12.5. The van der Waals surface area contributed by atoms with Crippen LogP contribution in [0.25, 0.3) is 20.7 Å². The number of nitrogens with one attached hydrogen (secondary N) is 3. The first-order valence-corrected chi connectivity index (χ1v) is 11.6. The summed E-state index contributed by atoms with van der Waals surface area (Å²) in [4.78, 5) is 23.8. The van der Waals surface area contributed by atoms with Gasteiger partial charge >= 0.3 is 0 Å². The van der Waals surface area contributed by atoms with E-state index in [1.54, 1.807) is 11.3 Å². The van der Waals surface area contributed by atoms with Crippen molar-refractivity contribution in [3.63, 3.8) is 0 Å². The quantitative estimate of drug-likeness (QED) is 0.561. The van der Waals surface area contributed by atoms with Gasteiger partial charge in [-0.15, -0.1) is 11.3 Å². The molecule has 6 nitrogen and oxygen atoms in total. The van der Waals surface area contributed by atoms with Crippen LogP contribution in [0.4, 0.5) is 5.95 Å². The molecule has 2 aliphatic rings. The van der Waals surface area contributed by atoms with Crippen molar-refractivity contribution in [2.24, 2.45) is 5.92 Å². The van der Waals surface area contributed by atoms with E-state index in [-0.39, 0.29) is 5.91 Å². The minimum absolute atomic E-state index is 0.0170. The molecule has 0 radical (unpaired) electrons. The highest BCUT2D eigenvalue weighted by atomic mass is 32.1. The molecule has 2 aromatic heterocycles. The van der Waals surface area contributed by atoms with Crippen LogP contribution in [0.5, 0.6) is 0 Å². The van der Waals surface area contributed by atoms with Gasteiger partial charge in [-0.25, -0.2) is 9.97 Å². The summed E-state index contributed by atoms with van der Waals surface area (Å²) in [5.41, 5.74) is 2.96. The molecule has 5 rings (SSSR count). The Balaban J connectivity index is 1.36. The van der Waals surface area contributed by atoms with Crippen LogP contribution in [0.2, 0.25) is 0 Å². The molecule has 1 aliphatic heterocycles. The molecule has 30 heavy (non-hydrogen) atoms. The lowest BCUT2D eigenvalue weighted by Crippen LogP contribution is -2.33. The summed E-state index contributed by atoms with van der Waals surface area (Å²) in [6, 6.07) is 8.42. The first-order valence-electron chi connectivity index (χ1n) is 10.8. The number of carbonyl (C=O) groups is 1. The van der Waals surface area contributed by atoms with Crippen LogP contribution in [0.15, 0.2) is 30.5 Å². The number of aryl methyl sites for hydroxylation is 1. The zero-order chi connectivity index (χ0) is 20.5. The first-order chi connectivity index (χ1) is 14.7. The van der Waals surface area contributed by atoms with Crippen LogP contribution >= 0.6 is 11.3 Å². The predicted molar refractivity (Wildman–Crippen MR) is 122 cm³/mol. The van der Waals surface area contributed by atoms with Gasteiger partial charge < -0.3 is 16.0 Å². The van der Waals surface area contributed by atoms with Crippen LogP contribution in [0, 0.1) is 12.8 Å². The number of aromatic nitrogens is 2. The lowest BCUT2D eigenvalue weighted by atomic mass is 10.00. The van der Waals surface area contributed by atoms with Crippen molar-refractivity contribution in [3.05, 3.63) is 41.6 Å². The predicted octanol–water partition coefficient (Wildman–Crippen LogP) is 3.97. The molecule has 0 bridgehead atoms. The molecule has 0 spiro atoms. The van der Waals surface area contributed by atoms with E-state index in [0.717, 1.165) is 64.3 Å². The van der Waals surface area contributed by atoms with Crippen molar-refractivity contribution in [1.29, 1.82) is 0 Å². The van der Waals surface area contributed by atoms with E-state index in [4.69, 9.17) is 4.98 Å². The molecule has 7 heteroatoms. The van der Waals surface area contributed by atoms with Crippen molar-refractivity contribution in [3.8, 4) is 10.4 Å². The number of hydrogen-bond acceptors (Lipinski definition) is 6. The molecule has 1 aromatic carbocycles. The van der Waals surface area contributed by atoms with Crippen molar-refractivity contribution >= 4 is 33.4 Å². The van der Waals surface area contributed by atoms with Gasteiger partial charge in [0.1, 0.15) is 4.83 Å². The van der Waals surface area contributed by atoms with Gasteiger partial charge in [0.05, 0.1) is 0 Å². The highest BCUT2D eigenvalue weighted by molar-refractivity contribution is 7.21. The molecule has 1 unspecified atom stereocenters. The number of rotatable bonds is 6. The smallest absolute Gasteiger partial charge is 0.251 e. The number of anilines is 1. The van der Waals surface area contributed by atoms with E-state index < -0.39 is 0 Å². The zero-order valence-electron chi connectivity index (χ0n) is 17.2. The van der Waals surface area contributed by atoms with E-state index in [0.29, 0.717) is 17.9 Å². The molecule has 156 valence electrons. The van der Waals surface area contributed by atoms with Crippen LogP contribution in [0.1, 0.15) is 41.6 Å². The summed E-state index contributed by atoms with van der Waals surface area (Å²) in [5, 5.41) is 11.0. The summed E-state index contributed by atoms with van der Waals surface area (Å²) < 4.78 is 0. The lowest BCUT2D eigenvalue weighted by Gasteiger charge is -2.22. The number of benzene rings is 1. The molecular formula is C23H27N5OS. The molecule has 1 aliphatic carbocycles. The molecule has 3 heterocycles. The van der Waals surface area contributed by atoms with Crippen LogP contribution in [0.3, 0.4) is 0 Å². The zero-order valence-corrected chi connectivity index (χ0v) is 18.0. The Hall–Kier alpha value is -2.51. The molecule has 1 amide bonds. The SMILES string of the molecule is Cc1ccc(C(=O)NC2CC2)cc1-c1cc2cnc(NCC3CCCNC3)nc2s1. The standard InChI is InChI=1S/C23H27N5OS/c1-14-4-5-16(21(29)27-18-6-7-18)9-19(14)20-10-17-13-26-23(28-22(17)30-20)25-12-15-3-2-8-24-11-15/h4-5,9-10,13,15,18,24H,2-3,6-8,11-12H2,1H3,(H,27,29)(H,25,26,28). The molecule has 2 fully saturated rings. The fourth-order valence-corrected chi connectivity index (χ4v) is 4.99. The molecule has 3 N–H and O–H groups in total. The molecule has 1 saturated carbocycles. The highest BCUT2D eigenvalue weighted by Gasteiger charge is 2.24. The number of amides is 1. The fraction of sp³-hybridized carbons (Fsp3) is 0.435. The van der Waals surface area contributed by atoms with Crippen LogP contribution in [-0.4, -0.2) is 41.6 Å². The Morgan fingerprint density at radius 1 is 1.27 bits per heavy atom. The average molecular weight is 422 g/mol. The highest BCUT2D eigenvalue weighted by Crippen LogP contribution is 2.35. The number of thiophene rings is 1. The van der Waals surface area contributed by atoms with Crippen molar-refractivity contribution in [2.75, 3.05) is 25.0 Å². The summed E-state index contributed by atoms with van der Waals surface area (Å²) in [5.74, 6) is 1.34. The molecule has 1 atom stereocenters. The number of piperidine rings is 1. The van der Waals surface area contributed by atoms with Gasteiger partial charge in [0.15, 0.2) is 0 Å². The third kappa shape index (κ3) is 4.32. The van der Waals surface area contributed by atoms with Gasteiger partial charge in [-0.3, -0.25) is 4.79 Å². The maximum Gasteiger partial charge on any atom is 0.251 e. The molecular weight excluding hydrogens is 394 g/mol. The Bertz CT molecular complexity index is 1070. The average Bonchev–Trinajstić information content (AvgIpc) is 3.48. The van der Waals surface area contributed by atoms with Gasteiger partial charge in [0.25, 0.3) is 5.91 Å². The van der Waals surface area contributed by atoms with E-state index in [1.807, 2.05) is 24.4 Å². The normalized spacial score (nSPS) is 19.0. The van der Waals surface area contributed by atoms with Gasteiger partial charge in [-0.1, -0.05) is 6.07 Å². The van der Waals surface area contributed by atoms with Gasteiger partial charge in [-0.05, 0) is 80.9 Å². The molecule has 3 aromatic rings.